The second-order valence-electron chi connectivity index (χ2n) is 6.81. The van der Waals surface area contributed by atoms with Crippen molar-refractivity contribution < 1.29 is 9.53 Å². The first-order chi connectivity index (χ1) is 13.5. The van der Waals surface area contributed by atoms with Crippen molar-refractivity contribution in [1.29, 1.82) is 0 Å². The van der Waals surface area contributed by atoms with E-state index in [-0.39, 0.29) is 30.7 Å². The maximum atomic E-state index is 13.0. The first-order valence-corrected chi connectivity index (χ1v) is 11.5. The molecule has 1 amide bonds. The molecule has 1 aliphatic rings. The molecule has 1 heterocycles. The molecule has 0 spiro atoms. The lowest BCUT2D eigenvalue weighted by molar-refractivity contribution is -0.162. The standard InChI is InChI=1S/C22H25Cl2NO2S/c1-3-19(14-28-4-2)25-20(26)13-27-22(16-6-5-7-18(24)12-16)21(25)15-8-10-17(23)11-9-15/h5-12,19,21-22H,3-4,13-14H2,1-2H3/t19-,21?,22+/m0/s1. The molecule has 6 heteroatoms. The fourth-order valence-electron chi connectivity index (χ4n) is 3.66. The number of halogens is 2. The van der Waals surface area contributed by atoms with Gasteiger partial charge in [0.1, 0.15) is 12.7 Å². The highest BCUT2D eigenvalue weighted by molar-refractivity contribution is 7.99. The summed E-state index contributed by atoms with van der Waals surface area (Å²) in [5.74, 6) is 1.96. The van der Waals surface area contributed by atoms with Gasteiger partial charge in [-0.25, -0.2) is 0 Å². The molecule has 150 valence electrons. The van der Waals surface area contributed by atoms with Gasteiger partial charge in [-0.1, -0.05) is 61.3 Å². The maximum absolute atomic E-state index is 13.0. The Morgan fingerprint density at radius 2 is 1.86 bits per heavy atom. The summed E-state index contributed by atoms with van der Waals surface area (Å²) in [5, 5.41) is 1.33. The summed E-state index contributed by atoms with van der Waals surface area (Å²) in [6.45, 7) is 4.36. The van der Waals surface area contributed by atoms with Gasteiger partial charge in [0.2, 0.25) is 5.91 Å². The Morgan fingerprint density at radius 1 is 1.11 bits per heavy atom. The molecule has 0 bridgehead atoms. The quantitative estimate of drug-likeness (QED) is 0.518. The molecule has 2 aromatic rings. The van der Waals surface area contributed by atoms with Crippen LogP contribution in [0.5, 0.6) is 0 Å². The maximum Gasteiger partial charge on any atom is 0.249 e. The average molecular weight is 438 g/mol. The Balaban J connectivity index is 2.06. The molecule has 1 fully saturated rings. The van der Waals surface area contributed by atoms with Crippen LogP contribution in [0.25, 0.3) is 0 Å². The number of amides is 1. The molecule has 3 rings (SSSR count). The normalized spacial score (nSPS) is 21.0. The largest absolute Gasteiger partial charge is 0.361 e. The van der Waals surface area contributed by atoms with Crippen molar-refractivity contribution in [1.82, 2.24) is 4.90 Å². The third kappa shape index (κ3) is 4.85. The van der Waals surface area contributed by atoms with Crippen LogP contribution in [-0.4, -0.2) is 35.0 Å². The van der Waals surface area contributed by atoms with E-state index in [0.29, 0.717) is 10.0 Å². The van der Waals surface area contributed by atoms with Crippen LogP contribution in [0.3, 0.4) is 0 Å². The monoisotopic (exact) mass is 437 g/mol. The van der Waals surface area contributed by atoms with Crippen LogP contribution in [0.2, 0.25) is 10.0 Å². The average Bonchev–Trinajstić information content (AvgIpc) is 2.70. The smallest absolute Gasteiger partial charge is 0.249 e. The molecular formula is C22H25Cl2NO2S. The fraction of sp³-hybridized carbons (Fsp3) is 0.409. The van der Waals surface area contributed by atoms with Crippen molar-refractivity contribution >= 4 is 40.9 Å². The second kappa shape index (κ2) is 10.0. The molecule has 1 saturated heterocycles. The fourth-order valence-corrected chi connectivity index (χ4v) is 4.89. The van der Waals surface area contributed by atoms with Crippen LogP contribution >= 0.6 is 35.0 Å². The van der Waals surface area contributed by atoms with Gasteiger partial charge >= 0.3 is 0 Å². The lowest BCUT2D eigenvalue weighted by Crippen LogP contribution is -2.51. The zero-order valence-corrected chi connectivity index (χ0v) is 18.4. The number of carbonyl (C=O) groups is 1. The molecule has 0 N–H and O–H groups in total. The van der Waals surface area contributed by atoms with E-state index in [2.05, 4.69) is 13.8 Å². The third-order valence-electron chi connectivity index (χ3n) is 5.03. The molecule has 3 nitrogen and oxygen atoms in total. The number of thioether (sulfide) groups is 1. The number of ether oxygens (including phenoxy) is 1. The molecule has 3 atom stereocenters. The first-order valence-electron chi connectivity index (χ1n) is 9.56. The number of rotatable bonds is 7. The third-order valence-corrected chi connectivity index (χ3v) is 6.54. The molecule has 0 radical (unpaired) electrons. The molecular weight excluding hydrogens is 413 g/mol. The van der Waals surface area contributed by atoms with Gasteiger partial charge < -0.3 is 9.64 Å². The molecule has 1 aliphatic heterocycles. The van der Waals surface area contributed by atoms with Crippen LogP contribution < -0.4 is 0 Å². The van der Waals surface area contributed by atoms with Gasteiger partial charge in [0.25, 0.3) is 0 Å². The van der Waals surface area contributed by atoms with Crippen molar-refractivity contribution in [2.24, 2.45) is 0 Å². The summed E-state index contributed by atoms with van der Waals surface area (Å²) < 4.78 is 6.07. The number of hydrogen-bond acceptors (Lipinski definition) is 3. The van der Waals surface area contributed by atoms with Crippen molar-refractivity contribution in [2.75, 3.05) is 18.1 Å². The number of carbonyl (C=O) groups excluding carboxylic acids is 1. The zero-order chi connectivity index (χ0) is 20.1. The number of nitrogens with zero attached hydrogens (tertiary/aromatic N) is 1. The Hall–Kier alpha value is -1.20. The summed E-state index contributed by atoms with van der Waals surface area (Å²) in [4.78, 5) is 15.0. The van der Waals surface area contributed by atoms with Gasteiger partial charge in [-0.3, -0.25) is 4.79 Å². The highest BCUT2D eigenvalue weighted by Gasteiger charge is 2.41. The van der Waals surface area contributed by atoms with Crippen molar-refractivity contribution in [3.8, 4) is 0 Å². The molecule has 0 aliphatic carbocycles. The lowest BCUT2D eigenvalue weighted by atomic mass is 9.91. The van der Waals surface area contributed by atoms with E-state index in [9.17, 15) is 4.79 Å². The van der Waals surface area contributed by atoms with Crippen LogP contribution in [-0.2, 0) is 9.53 Å². The minimum absolute atomic E-state index is 0.0294. The van der Waals surface area contributed by atoms with Crippen LogP contribution in [0.1, 0.15) is 43.5 Å². The highest BCUT2D eigenvalue weighted by atomic mass is 35.5. The number of morpholine rings is 1. The number of benzene rings is 2. The Labute approximate surface area is 181 Å². The SMILES string of the molecule is CCSC[C@H](CC)N1C(=O)CO[C@H](c2cccc(Cl)c2)C1c1ccc(Cl)cc1. The summed E-state index contributed by atoms with van der Waals surface area (Å²) in [7, 11) is 0. The van der Waals surface area contributed by atoms with Crippen molar-refractivity contribution in [3.63, 3.8) is 0 Å². The highest BCUT2D eigenvalue weighted by Crippen LogP contribution is 2.42. The summed E-state index contributed by atoms with van der Waals surface area (Å²) >= 11 is 14.2. The van der Waals surface area contributed by atoms with E-state index >= 15 is 0 Å². The van der Waals surface area contributed by atoms with E-state index in [0.717, 1.165) is 29.1 Å². The molecule has 2 aromatic carbocycles. The Morgan fingerprint density at radius 3 is 2.50 bits per heavy atom. The molecule has 0 saturated carbocycles. The molecule has 1 unspecified atom stereocenters. The van der Waals surface area contributed by atoms with Gasteiger partial charge in [-0.2, -0.15) is 11.8 Å². The van der Waals surface area contributed by atoms with Crippen LogP contribution in [0.4, 0.5) is 0 Å². The number of hydrogen-bond donors (Lipinski definition) is 0. The lowest BCUT2D eigenvalue weighted by Gasteiger charge is -2.45. The summed E-state index contributed by atoms with van der Waals surface area (Å²) in [6.07, 6.45) is 0.615. The Bertz CT molecular complexity index is 799. The summed E-state index contributed by atoms with van der Waals surface area (Å²) in [5.41, 5.74) is 1.99. The zero-order valence-electron chi connectivity index (χ0n) is 16.1. The van der Waals surface area contributed by atoms with Crippen LogP contribution in [0.15, 0.2) is 48.5 Å². The van der Waals surface area contributed by atoms with Gasteiger partial charge in [0, 0.05) is 21.8 Å². The van der Waals surface area contributed by atoms with E-state index in [1.165, 1.54) is 0 Å². The predicted octanol–water partition coefficient (Wildman–Crippen LogP) is 6.17. The molecule has 0 aromatic heterocycles. The van der Waals surface area contributed by atoms with E-state index in [1.807, 2.05) is 65.2 Å². The Kier molecular flexibility index (Phi) is 7.69. The predicted molar refractivity (Wildman–Crippen MR) is 118 cm³/mol. The summed E-state index contributed by atoms with van der Waals surface area (Å²) in [6, 6.07) is 15.3. The van der Waals surface area contributed by atoms with Crippen molar-refractivity contribution in [2.45, 2.75) is 38.5 Å². The second-order valence-corrected chi connectivity index (χ2v) is 9.00. The topological polar surface area (TPSA) is 29.5 Å². The van der Waals surface area contributed by atoms with Gasteiger partial charge in [0.15, 0.2) is 0 Å². The van der Waals surface area contributed by atoms with Gasteiger partial charge in [0.05, 0.1) is 6.04 Å². The van der Waals surface area contributed by atoms with Gasteiger partial charge in [-0.05, 0) is 47.6 Å². The van der Waals surface area contributed by atoms with E-state index in [1.54, 1.807) is 0 Å². The minimum Gasteiger partial charge on any atom is -0.361 e. The van der Waals surface area contributed by atoms with E-state index in [4.69, 9.17) is 27.9 Å². The van der Waals surface area contributed by atoms with Crippen LogP contribution in [0, 0.1) is 0 Å². The first kappa shape index (κ1) is 21.5. The van der Waals surface area contributed by atoms with Gasteiger partial charge in [-0.15, -0.1) is 0 Å². The van der Waals surface area contributed by atoms with E-state index < -0.39 is 0 Å². The minimum atomic E-state index is -0.279. The van der Waals surface area contributed by atoms with Crippen molar-refractivity contribution in [3.05, 3.63) is 69.7 Å². The molecule has 28 heavy (non-hydrogen) atoms.